The molecule has 0 aliphatic heterocycles. The first kappa shape index (κ1) is 22.0. The van der Waals surface area contributed by atoms with E-state index < -0.39 is 15.9 Å². The molecule has 7 nitrogen and oxygen atoms in total. The molecule has 0 unspecified atom stereocenters. The van der Waals surface area contributed by atoms with Gasteiger partial charge in [-0.2, -0.15) is 5.10 Å². The van der Waals surface area contributed by atoms with Crippen molar-refractivity contribution in [2.24, 2.45) is 0 Å². The number of sulfonamides is 1. The van der Waals surface area contributed by atoms with Crippen molar-refractivity contribution in [1.29, 1.82) is 0 Å². The van der Waals surface area contributed by atoms with Crippen LogP contribution in [0, 0.1) is 20.8 Å². The standard InChI is InChI=1S/C21H23ClN4O3S/c1-13-8-14(2)10-17(9-13)26-20(11-15(3)24-26)23-21(27)16-6-7-18(22)19(12-16)30(28,29)25(4)5/h6-12H,1-5H3,(H,23,27). The van der Waals surface area contributed by atoms with Crippen molar-refractivity contribution < 1.29 is 13.2 Å². The molecule has 3 rings (SSSR count). The van der Waals surface area contributed by atoms with Crippen LogP contribution in [0.15, 0.2) is 47.4 Å². The summed E-state index contributed by atoms with van der Waals surface area (Å²) >= 11 is 6.08. The number of hydrogen-bond acceptors (Lipinski definition) is 4. The normalized spacial score (nSPS) is 11.7. The van der Waals surface area contributed by atoms with Crippen molar-refractivity contribution in [3.8, 4) is 5.69 Å². The summed E-state index contributed by atoms with van der Waals surface area (Å²) in [6, 6.07) is 11.9. The minimum atomic E-state index is -3.79. The summed E-state index contributed by atoms with van der Waals surface area (Å²) in [4.78, 5) is 12.8. The highest BCUT2D eigenvalue weighted by molar-refractivity contribution is 7.89. The number of anilines is 1. The van der Waals surface area contributed by atoms with Gasteiger partial charge in [-0.05, 0) is 62.2 Å². The summed E-state index contributed by atoms with van der Waals surface area (Å²) in [5.74, 6) is 0.0156. The number of nitrogens with one attached hydrogen (secondary N) is 1. The number of amides is 1. The number of carbonyl (C=O) groups excluding carboxylic acids is 1. The van der Waals surface area contributed by atoms with E-state index in [0.29, 0.717) is 5.82 Å². The lowest BCUT2D eigenvalue weighted by Crippen LogP contribution is -2.23. The van der Waals surface area contributed by atoms with Gasteiger partial charge in [0.05, 0.1) is 16.4 Å². The third kappa shape index (κ3) is 4.40. The lowest BCUT2D eigenvalue weighted by molar-refractivity contribution is 0.102. The minimum absolute atomic E-state index is 0.0522. The number of carbonyl (C=O) groups is 1. The molecule has 0 aliphatic carbocycles. The van der Waals surface area contributed by atoms with Crippen LogP contribution in [0.1, 0.15) is 27.2 Å². The van der Waals surface area contributed by atoms with E-state index in [0.717, 1.165) is 26.8 Å². The quantitative estimate of drug-likeness (QED) is 0.643. The number of rotatable bonds is 5. The maximum Gasteiger partial charge on any atom is 0.256 e. The first-order valence-corrected chi connectivity index (χ1v) is 11.0. The van der Waals surface area contributed by atoms with E-state index in [4.69, 9.17) is 11.6 Å². The lowest BCUT2D eigenvalue weighted by Gasteiger charge is -2.14. The highest BCUT2D eigenvalue weighted by Gasteiger charge is 2.23. The predicted molar refractivity (Wildman–Crippen MR) is 118 cm³/mol. The van der Waals surface area contributed by atoms with Gasteiger partial charge in [0.25, 0.3) is 5.91 Å². The number of aryl methyl sites for hydroxylation is 3. The molecule has 0 saturated heterocycles. The average molecular weight is 447 g/mol. The fourth-order valence-corrected chi connectivity index (χ4v) is 4.48. The molecule has 1 aromatic heterocycles. The van der Waals surface area contributed by atoms with Gasteiger partial charge in [-0.1, -0.05) is 17.7 Å². The lowest BCUT2D eigenvalue weighted by atomic mass is 10.1. The van der Waals surface area contributed by atoms with Gasteiger partial charge in [0.2, 0.25) is 10.0 Å². The molecule has 1 N–H and O–H groups in total. The van der Waals surface area contributed by atoms with Crippen LogP contribution < -0.4 is 5.32 Å². The van der Waals surface area contributed by atoms with Crippen molar-refractivity contribution in [3.05, 3.63) is 69.9 Å². The van der Waals surface area contributed by atoms with Crippen LogP contribution in [0.3, 0.4) is 0 Å². The third-order valence-electron chi connectivity index (χ3n) is 4.48. The zero-order chi connectivity index (χ0) is 22.2. The molecule has 158 valence electrons. The molecule has 9 heteroatoms. The second-order valence-corrected chi connectivity index (χ2v) is 9.84. The van der Waals surface area contributed by atoms with Crippen LogP contribution in [-0.2, 0) is 10.0 Å². The summed E-state index contributed by atoms with van der Waals surface area (Å²) in [5, 5.41) is 7.36. The Labute approximate surface area is 181 Å². The molecule has 0 atom stereocenters. The molecule has 3 aromatic rings. The zero-order valence-corrected chi connectivity index (χ0v) is 19.0. The maximum absolute atomic E-state index is 12.9. The van der Waals surface area contributed by atoms with E-state index in [1.165, 1.54) is 32.3 Å². The van der Waals surface area contributed by atoms with Gasteiger partial charge in [0.1, 0.15) is 10.7 Å². The van der Waals surface area contributed by atoms with E-state index in [9.17, 15) is 13.2 Å². The van der Waals surface area contributed by atoms with Gasteiger partial charge in [0, 0.05) is 25.7 Å². The molecule has 30 heavy (non-hydrogen) atoms. The van der Waals surface area contributed by atoms with Crippen molar-refractivity contribution in [3.63, 3.8) is 0 Å². The Bertz CT molecular complexity index is 1210. The van der Waals surface area contributed by atoms with Crippen molar-refractivity contribution in [2.75, 3.05) is 19.4 Å². The Morgan fingerprint density at radius 2 is 1.67 bits per heavy atom. The first-order chi connectivity index (χ1) is 14.0. The summed E-state index contributed by atoms with van der Waals surface area (Å²) < 4.78 is 27.7. The number of nitrogens with zero attached hydrogens (tertiary/aromatic N) is 3. The monoisotopic (exact) mass is 446 g/mol. The van der Waals surface area contributed by atoms with Gasteiger partial charge < -0.3 is 5.32 Å². The summed E-state index contributed by atoms with van der Waals surface area (Å²) in [6.45, 7) is 5.82. The van der Waals surface area contributed by atoms with E-state index in [2.05, 4.69) is 16.5 Å². The van der Waals surface area contributed by atoms with Crippen LogP contribution in [0.25, 0.3) is 5.69 Å². The SMILES string of the molecule is Cc1cc(C)cc(-n2nc(C)cc2NC(=O)c2ccc(Cl)c(S(=O)(=O)N(C)C)c2)c1. The van der Waals surface area contributed by atoms with Crippen LogP contribution >= 0.6 is 11.6 Å². The average Bonchev–Trinajstić information content (AvgIpc) is 3.01. The molecule has 0 spiro atoms. The largest absolute Gasteiger partial charge is 0.306 e. The Morgan fingerprint density at radius 3 is 2.27 bits per heavy atom. The van der Waals surface area contributed by atoms with Gasteiger partial charge in [-0.15, -0.1) is 0 Å². The summed E-state index contributed by atoms with van der Waals surface area (Å²) in [5.41, 5.74) is 3.88. The molecular formula is C21H23ClN4O3S. The first-order valence-electron chi connectivity index (χ1n) is 9.18. The fraction of sp³-hybridized carbons (Fsp3) is 0.238. The van der Waals surface area contributed by atoms with Crippen molar-refractivity contribution in [1.82, 2.24) is 14.1 Å². The summed E-state index contributed by atoms with van der Waals surface area (Å²) in [7, 11) is -0.977. The Balaban J connectivity index is 1.98. The Kier molecular flexibility index (Phi) is 6.03. The van der Waals surface area contributed by atoms with E-state index in [1.807, 2.05) is 32.9 Å². The van der Waals surface area contributed by atoms with Gasteiger partial charge in [-0.3, -0.25) is 4.79 Å². The van der Waals surface area contributed by atoms with E-state index in [1.54, 1.807) is 10.7 Å². The molecule has 1 heterocycles. The number of benzene rings is 2. The smallest absolute Gasteiger partial charge is 0.256 e. The third-order valence-corrected chi connectivity index (χ3v) is 6.77. The number of halogens is 1. The highest BCUT2D eigenvalue weighted by Crippen LogP contribution is 2.26. The summed E-state index contributed by atoms with van der Waals surface area (Å²) in [6.07, 6.45) is 0. The van der Waals surface area contributed by atoms with Crippen molar-refractivity contribution >= 4 is 33.3 Å². The second-order valence-electron chi connectivity index (χ2n) is 7.32. The minimum Gasteiger partial charge on any atom is -0.306 e. The zero-order valence-electron chi connectivity index (χ0n) is 17.4. The molecule has 0 bridgehead atoms. The number of aromatic nitrogens is 2. The molecule has 2 aromatic carbocycles. The predicted octanol–water partition coefficient (Wildman–Crippen LogP) is 3.95. The Morgan fingerprint density at radius 1 is 1.03 bits per heavy atom. The number of hydrogen-bond donors (Lipinski definition) is 1. The Hall–Kier alpha value is -2.68. The van der Waals surface area contributed by atoms with Crippen LogP contribution in [-0.4, -0.2) is 42.5 Å². The molecule has 0 radical (unpaired) electrons. The van der Waals surface area contributed by atoms with Crippen LogP contribution in [0.2, 0.25) is 5.02 Å². The second kappa shape index (κ2) is 8.22. The fourth-order valence-electron chi connectivity index (χ4n) is 3.09. The van der Waals surface area contributed by atoms with Gasteiger partial charge in [-0.25, -0.2) is 17.4 Å². The van der Waals surface area contributed by atoms with Gasteiger partial charge >= 0.3 is 0 Å². The van der Waals surface area contributed by atoms with Crippen LogP contribution in [0.5, 0.6) is 0 Å². The maximum atomic E-state index is 12.9. The molecule has 0 saturated carbocycles. The molecular weight excluding hydrogens is 424 g/mol. The highest BCUT2D eigenvalue weighted by atomic mass is 35.5. The molecule has 0 aliphatic rings. The van der Waals surface area contributed by atoms with Gasteiger partial charge in [0.15, 0.2) is 0 Å². The van der Waals surface area contributed by atoms with E-state index in [-0.39, 0.29) is 15.5 Å². The van der Waals surface area contributed by atoms with Crippen LogP contribution in [0.4, 0.5) is 5.82 Å². The topological polar surface area (TPSA) is 84.3 Å². The van der Waals surface area contributed by atoms with Crippen molar-refractivity contribution in [2.45, 2.75) is 25.7 Å². The molecule has 0 fully saturated rings. The van der Waals surface area contributed by atoms with E-state index >= 15 is 0 Å². The molecule has 1 amide bonds.